The van der Waals surface area contributed by atoms with Crippen LogP contribution in [-0.4, -0.2) is 43.8 Å². The summed E-state index contributed by atoms with van der Waals surface area (Å²) in [4.78, 5) is 30.4. The maximum absolute atomic E-state index is 14.8. The van der Waals surface area contributed by atoms with Crippen LogP contribution < -0.4 is 14.4 Å². The normalized spacial score (nSPS) is 12.4. The Balaban J connectivity index is 1.57. The topological polar surface area (TPSA) is 96.0 Å². The summed E-state index contributed by atoms with van der Waals surface area (Å²) in [5, 5.41) is 3.08. The van der Waals surface area contributed by atoms with E-state index in [0.717, 1.165) is 26.6 Å². The Labute approximate surface area is 301 Å². The number of rotatable bonds is 15. The van der Waals surface area contributed by atoms with Crippen molar-refractivity contribution >= 4 is 27.5 Å². The van der Waals surface area contributed by atoms with Crippen LogP contribution in [0.2, 0.25) is 0 Å². The fraction of sp³-hybridized carbons (Fsp3) is 0.238. The van der Waals surface area contributed by atoms with Gasteiger partial charge < -0.3 is 15.0 Å². The molecular formula is C42H45N3O5S. The number of aryl methyl sites for hydroxylation is 2. The van der Waals surface area contributed by atoms with Gasteiger partial charge in [-0.1, -0.05) is 97.4 Å². The van der Waals surface area contributed by atoms with Crippen molar-refractivity contribution in [3.8, 4) is 11.5 Å². The van der Waals surface area contributed by atoms with E-state index in [-0.39, 0.29) is 35.5 Å². The lowest BCUT2D eigenvalue weighted by molar-refractivity contribution is -0.140. The van der Waals surface area contributed by atoms with Gasteiger partial charge in [-0.05, 0) is 92.4 Å². The lowest BCUT2D eigenvalue weighted by atomic mass is 10.0. The van der Waals surface area contributed by atoms with Crippen LogP contribution >= 0.6 is 0 Å². The van der Waals surface area contributed by atoms with Crippen LogP contribution in [0.1, 0.15) is 42.5 Å². The minimum absolute atomic E-state index is 0.0475. The average molecular weight is 704 g/mol. The molecule has 1 N–H and O–H groups in total. The Kier molecular flexibility index (Phi) is 12.3. The van der Waals surface area contributed by atoms with Crippen molar-refractivity contribution in [2.24, 2.45) is 0 Å². The number of benzene rings is 5. The molecule has 0 aliphatic heterocycles. The van der Waals surface area contributed by atoms with E-state index in [1.807, 2.05) is 113 Å². The zero-order chi connectivity index (χ0) is 36.4. The zero-order valence-electron chi connectivity index (χ0n) is 29.5. The molecule has 5 aromatic rings. The number of carbonyl (C=O) groups excluding carboxylic acids is 2. The van der Waals surface area contributed by atoms with Crippen LogP contribution in [0, 0.1) is 13.8 Å². The summed E-state index contributed by atoms with van der Waals surface area (Å²) >= 11 is 0. The van der Waals surface area contributed by atoms with Crippen LogP contribution in [0.15, 0.2) is 138 Å². The van der Waals surface area contributed by atoms with Gasteiger partial charge in [0.05, 0.1) is 10.6 Å². The maximum Gasteiger partial charge on any atom is 0.264 e. The second-order valence-electron chi connectivity index (χ2n) is 12.7. The number of nitrogens with zero attached hydrogens (tertiary/aromatic N) is 2. The molecule has 0 spiro atoms. The molecule has 2 atom stereocenters. The number of amides is 2. The molecule has 0 aromatic heterocycles. The van der Waals surface area contributed by atoms with E-state index < -0.39 is 28.5 Å². The van der Waals surface area contributed by atoms with Gasteiger partial charge >= 0.3 is 0 Å². The lowest BCUT2D eigenvalue weighted by Gasteiger charge is -2.34. The molecule has 0 unspecified atom stereocenters. The van der Waals surface area contributed by atoms with Crippen LogP contribution in [-0.2, 0) is 32.6 Å². The standard InChI is InChI=1S/C42H45N3O5S/c1-5-33(4)43-42(47)40(28-34-15-8-6-9-16-34)44(29-35-17-13-12-14-32(35)3)41(46)30-45(51(48,49)39-26-20-31(2)21-27-39)36-22-24-38(25-23-36)50-37-18-10-7-11-19-37/h6-27,33,40H,5,28-30H2,1-4H3,(H,43,47)/t33-,40+/m1/s1. The monoisotopic (exact) mass is 703 g/mol. The van der Waals surface area contributed by atoms with Gasteiger partial charge in [-0.2, -0.15) is 0 Å². The Morgan fingerprint density at radius 3 is 1.96 bits per heavy atom. The van der Waals surface area contributed by atoms with Crippen molar-refractivity contribution in [1.29, 1.82) is 0 Å². The maximum atomic E-state index is 14.8. The average Bonchev–Trinajstić information content (AvgIpc) is 3.14. The van der Waals surface area contributed by atoms with Crippen LogP contribution in [0.5, 0.6) is 11.5 Å². The van der Waals surface area contributed by atoms with Crippen LogP contribution in [0.25, 0.3) is 0 Å². The minimum Gasteiger partial charge on any atom is -0.457 e. The highest BCUT2D eigenvalue weighted by Crippen LogP contribution is 2.29. The van der Waals surface area contributed by atoms with Gasteiger partial charge in [0.15, 0.2) is 0 Å². The summed E-state index contributed by atoms with van der Waals surface area (Å²) in [6.07, 6.45) is 0.957. The van der Waals surface area contributed by atoms with E-state index in [1.54, 1.807) is 36.4 Å². The van der Waals surface area contributed by atoms with Crippen LogP contribution in [0.4, 0.5) is 5.69 Å². The van der Waals surface area contributed by atoms with Gasteiger partial charge in [-0.3, -0.25) is 13.9 Å². The quantitative estimate of drug-likeness (QED) is 0.120. The highest BCUT2D eigenvalue weighted by molar-refractivity contribution is 7.92. The molecule has 0 saturated carbocycles. The number of sulfonamides is 1. The number of hydrogen-bond acceptors (Lipinski definition) is 5. The summed E-state index contributed by atoms with van der Waals surface area (Å²) in [5.74, 6) is 0.329. The van der Waals surface area contributed by atoms with Gasteiger partial charge in [0.25, 0.3) is 10.0 Å². The number of para-hydroxylation sites is 1. The molecule has 2 amide bonds. The zero-order valence-corrected chi connectivity index (χ0v) is 30.3. The first-order chi connectivity index (χ1) is 24.5. The number of anilines is 1. The molecule has 5 aromatic carbocycles. The molecular weight excluding hydrogens is 659 g/mol. The van der Waals surface area contributed by atoms with Crippen molar-refractivity contribution in [3.05, 3.63) is 156 Å². The first-order valence-electron chi connectivity index (χ1n) is 17.2. The molecule has 8 nitrogen and oxygen atoms in total. The van der Waals surface area contributed by atoms with Crippen molar-refractivity contribution in [2.75, 3.05) is 10.8 Å². The highest BCUT2D eigenvalue weighted by Gasteiger charge is 2.35. The summed E-state index contributed by atoms with van der Waals surface area (Å²) < 4.78 is 35.9. The molecule has 9 heteroatoms. The largest absolute Gasteiger partial charge is 0.457 e. The first-order valence-corrected chi connectivity index (χ1v) is 18.6. The Morgan fingerprint density at radius 2 is 1.33 bits per heavy atom. The van der Waals surface area contributed by atoms with Gasteiger partial charge in [-0.25, -0.2) is 8.42 Å². The fourth-order valence-electron chi connectivity index (χ4n) is 5.64. The van der Waals surface area contributed by atoms with E-state index in [1.165, 1.54) is 17.0 Å². The van der Waals surface area contributed by atoms with Crippen molar-refractivity contribution in [3.63, 3.8) is 0 Å². The molecule has 0 bridgehead atoms. The third-order valence-corrected chi connectivity index (χ3v) is 10.7. The molecule has 0 aliphatic carbocycles. The van der Waals surface area contributed by atoms with Gasteiger partial charge in [0.2, 0.25) is 11.8 Å². The predicted molar refractivity (Wildman–Crippen MR) is 202 cm³/mol. The number of ether oxygens (including phenoxy) is 1. The molecule has 0 saturated heterocycles. The van der Waals surface area contributed by atoms with E-state index in [2.05, 4.69) is 5.32 Å². The molecule has 0 aliphatic rings. The predicted octanol–water partition coefficient (Wildman–Crippen LogP) is 7.85. The summed E-state index contributed by atoms with van der Waals surface area (Å²) in [7, 11) is -4.24. The van der Waals surface area contributed by atoms with E-state index in [4.69, 9.17) is 4.74 Å². The number of hydrogen-bond donors (Lipinski definition) is 1. The summed E-state index contributed by atoms with van der Waals surface area (Å²) in [6, 6.07) is 38.6. The smallest absolute Gasteiger partial charge is 0.264 e. The third kappa shape index (κ3) is 9.64. The van der Waals surface area contributed by atoms with E-state index in [9.17, 15) is 18.0 Å². The third-order valence-electron chi connectivity index (χ3n) is 8.87. The van der Waals surface area contributed by atoms with Gasteiger partial charge in [0, 0.05) is 19.0 Å². The fourth-order valence-corrected chi connectivity index (χ4v) is 7.05. The molecule has 0 fully saturated rings. The Morgan fingerprint density at radius 1 is 0.745 bits per heavy atom. The lowest BCUT2D eigenvalue weighted by Crippen LogP contribution is -2.54. The first kappa shape index (κ1) is 36.9. The second kappa shape index (κ2) is 17.0. The Hall–Kier alpha value is -5.41. The second-order valence-corrected chi connectivity index (χ2v) is 14.6. The molecule has 51 heavy (non-hydrogen) atoms. The van der Waals surface area contributed by atoms with Crippen LogP contribution in [0.3, 0.4) is 0 Å². The van der Waals surface area contributed by atoms with Crippen molar-refractivity contribution in [1.82, 2.24) is 10.2 Å². The molecule has 0 radical (unpaired) electrons. The highest BCUT2D eigenvalue weighted by atomic mass is 32.2. The van der Waals surface area contributed by atoms with Gasteiger partial charge in [0.1, 0.15) is 24.1 Å². The molecule has 264 valence electrons. The number of nitrogens with one attached hydrogen (secondary N) is 1. The van der Waals surface area contributed by atoms with E-state index >= 15 is 0 Å². The Bertz CT molecular complexity index is 2000. The van der Waals surface area contributed by atoms with Gasteiger partial charge in [-0.15, -0.1) is 0 Å². The minimum atomic E-state index is -4.24. The molecule has 5 rings (SSSR count). The SMILES string of the molecule is CC[C@@H](C)NC(=O)[C@H](Cc1ccccc1)N(Cc1ccccc1C)C(=O)CN(c1ccc(Oc2ccccc2)cc1)S(=O)(=O)c1ccc(C)cc1. The molecule has 0 heterocycles. The number of carbonyl (C=O) groups is 2. The van der Waals surface area contributed by atoms with Crippen molar-refractivity contribution in [2.45, 2.75) is 64.1 Å². The summed E-state index contributed by atoms with van der Waals surface area (Å²) in [5.41, 5.74) is 3.87. The van der Waals surface area contributed by atoms with Crippen molar-refractivity contribution < 1.29 is 22.7 Å². The summed E-state index contributed by atoms with van der Waals surface area (Å²) in [6.45, 7) is 7.31. The van der Waals surface area contributed by atoms with E-state index in [0.29, 0.717) is 17.9 Å².